The average molecular weight is 425 g/mol. The number of carbonyl (C=O) groups is 1. The van der Waals surface area contributed by atoms with E-state index in [9.17, 15) is 13.2 Å². The Morgan fingerprint density at radius 3 is 2.23 bits per heavy atom. The molecule has 0 aliphatic carbocycles. The minimum Gasteiger partial charge on any atom is -0.493 e. The molecule has 0 fully saturated rings. The third kappa shape index (κ3) is 4.99. The van der Waals surface area contributed by atoms with E-state index in [2.05, 4.69) is 10.6 Å². The number of methoxy groups -OCH3 is 1. The number of anilines is 1. The van der Waals surface area contributed by atoms with E-state index in [1.807, 2.05) is 30.3 Å². The monoisotopic (exact) mass is 424 g/mol. The Morgan fingerprint density at radius 2 is 1.60 bits per heavy atom. The summed E-state index contributed by atoms with van der Waals surface area (Å²) in [5.74, 6) is -0.0322. The lowest BCUT2D eigenvalue weighted by Gasteiger charge is -2.17. The van der Waals surface area contributed by atoms with Gasteiger partial charge in [0.15, 0.2) is 5.75 Å². The molecule has 7 heteroatoms. The van der Waals surface area contributed by atoms with E-state index in [0.29, 0.717) is 12.2 Å². The number of sulfone groups is 1. The minimum absolute atomic E-state index is 0.0164. The molecule has 0 radical (unpaired) electrons. The maximum absolute atomic E-state index is 13.1. The molecule has 1 amide bonds. The second-order valence-corrected chi connectivity index (χ2v) is 8.69. The van der Waals surface area contributed by atoms with Crippen LogP contribution in [-0.2, 0) is 21.2 Å². The van der Waals surface area contributed by atoms with Gasteiger partial charge in [-0.2, -0.15) is 0 Å². The van der Waals surface area contributed by atoms with E-state index < -0.39 is 9.84 Å². The highest BCUT2D eigenvalue weighted by Gasteiger charge is 2.25. The maximum atomic E-state index is 13.1. The Kier molecular flexibility index (Phi) is 6.74. The largest absolute Gasteiger partial charge is 0.493 e. The SMILES string of the molecule is COc1c(NCC(=O)NCc2ccccc2)cc(C)cc1S(=O)(=O)c1ccccc1. The van der Waals surface area contributed by atoms with Crippen molar-refractivity contribution in [2.45, 2.75) is 23.3 Å². The van der Waals surface area contributed by atoms with Crippen LogP contribution in [0.3, 0.4) is 0 Å². The molecule has 2 N–H and O–H groups in total. The van der Waals surface area contributed by atoms with Gasteiger partial charge in [0, 0.05) is 6.54 Å². The Labute approximate surface area is 176 Å². The van der Waals surface area contributed by atoms with Gasteiger partial charge < -0.3 is 15.4 Å². The van der Waals surface area contributed by atoms with E-state index in [0.717, 1.165) is 11.1 Å². The number of benzene rings is 3. The average Bonchev–Trinajstić information content (AvgIpc) is 2.77. The second kappa shape index (κ2) is 9.45. The number of ether oxygens (including phenoxy) is 1. The molecule has 3 rings (SSSR count). The van der Waals surface area contributed by atoms with Crippen LogP contribution in [0.15, 0.2) is 82.6 Å². The molecule has 156 valence electrons. The molecule has 0 heterocycles. The van der Waals surface area contributed by atoms with E-state index in [4.69, 9.17) is 4.74 Å². The predicted molar refractivity (Wildman–Crippen MR) is 116 cm³/mol. The summed E-state index contributed by atoms with van der Waals surface area (Å²) in [6.07, 6.45) is 0. The molecule has 0 aliphatic heterocycles. The molecule has 30 heavy (non-hydrogen) atoms. The smallest absolute Gasteiger partial charge is 0.239 e. The van der Waals surface area contributed by atoms with Crippen LogP contribution in [-0.4, -0.2) is 28.0 Å². The van der Waals surface area contributed by atoms with Gasteiger partial charge >= 0.3 is 0 Å². The van der Waals surface area contributed by atoms with Crippen molar-refractivity contribution in [3.05, 3.63) is 83.9 Å². The molecule has 6 nitrogen and oxygen atoms in total. The summed E-state index contributed by atoms with van der Waals surface area (Å²) in [6.45, 7) is 2.20. The molecule has 0 aliphatic rings. The molecule has 3 aromatic rings. The van der Waals surface area contributed by atoms with Crippen molar-refractivity contribution in [3.8, 4) is 5.75 Å². The lowest BCUT2D eigenvalue weighted by Crippen LogP contribution is -2.29. The number of hydrogen-bond acceptors (Lipinski definition) is 5. The normalized spacial score (nSPS) is 11.0. The fourth-order valence-electron chi connectivity index (χ4n) is 3.04. The quantitative estimate of drug-likeness (QED) is 0.578. The van der Waals surface area contributed by atoms with Gasteiger partial charge in [0.2, 0.25) is 15.7 Å². The summed E-state index contributed by atoms with van der Waals surface area (Å²) in [7, 11) is -2.37. The van der Waals surface area contributed by atoms with E-state index >= 15 is 0 Å². The first-order valence-electron chi connectivity index (χ1n) is 9.45. The third-order valence-electron chi connectivity index (χ3n) is 4.52. The van der Waals surface area contributed by atoms with Crippen LogP contribution < -0.4 is 15.4 Å². The number of rotatable bonds is 8. The van der Waals surface area contributed by atoms with Gasteiger partial charge in [-0.3, -0.25) is 4.79 Å². The number of aryl methyl sites for hydroxylation is 1. The van der Waals surface area contributed by atoms with Crippen molar-refractivity contribution in [1.29, 1.82) is 0 Å². The first-order valence-corrected chi connectivity index (χ1v) is 10.9. The Bertz CT molecular complexity index is 1110. The zero-order valence-electron chi connectivity index (χ0n) is 16.9. The highest BCUT2D eigenvalue weighted by molar-refractivity contribution is 7.91. The van der Waals surface area contributed by atoms with Gasteiger partial charge in [-0.1, -0.05) is 48.5 Å². The standard InChI is InChI=1S/C23H24N2O4S/c1-17-13-20(24-16-22(26)25-15-18-9-5-3-6-10-18)23(29-2)21(14-17)30(27,28)19-11-7-4-8-12-19/h3-14,24H,15-16H2,1-2H3,(H,25,26). The summed E-state index contributed by atoms with van der Waals surface area (Å²) < 4.78 is 31.7. The summed E-state index contributed by atoms with van der Waals surface area (Å²) in [6, 6.07) is 21.1. The molecule has 3 aromatic carbocycles. The van der Waals surface area contributed by atoms with Gasteiger partial charge in [0.25, 0.3) is 0 Å². The first kappa shape index (κ1) is 21.4. The predicted octanol–water partition coefficient (Wildman–Crippen LogP) is 3.56. The van der Waals surface area contributed by atoms with Crippen LogP contribution in [0, 0.1) is 6.92 Å². The highest BCUT2D eigenvalue weighted by Crippen LogP contribution is 2.36. The minimum atomic E-state index is -3.78. The summed E-state index contributed by atoms with van der Waals surface area (Å²) in [5.41, 5.74) is 2.18. The number of nitrogens with one attached hydrogen (secondary N) is 2. The number of hydrogen-bond donors (Lipinski definition) is 2. The number of carbonyl (C=O) groups excluding carboxylic acids is 1. The van der Waals surface area contributed by atoms with Crippen molar-refractivity contribution in [2.75, 3.05) is 19.0 Å². The van der Waals surface area contributed by atoms with Gasteiger partial charge in [0.05, 0.1) is 24.2 Å². The van der Waals surface area contributed by atoms with Gasteiger partial charge in [-0.25, -0.2) is 8.42 Å². The molecule has 0 aromatic heterocycles. The molecule has 0 saturated carbocycles. The maximum Gasteiger partial charge on any atom is 0.239 e. The van der Waals surface area contributed by atoms with Crippen molar-refractivity contribution < 1.29 is 17.9 Å². The summed E-state index contributed by atoms with van der Waals surface area (Å²) in [4.78, 5) is 12.5. The van der Waals surface area contributed by atoms with E-state index in [1.165, 1.54) is 7.11 Å². The Morgan fingerprint density at radius 1 is 0.967 bits per heavy atom. The molecule has 0 unspecified atom stereocenters. The van der Waals surface area contributed by atoms with Crippen LogP contribution >= 0.6 is 0 Å². The lowest BCUT2D eigenvalue weighted by molar-refractivity contribution is -0.119. The van der Waals surface area contributed by atoms with Crippen molar-refractivity contribution in [2.24, 2.45) is 0 Å². The van der Waals surface area contributed by atoms with E-state index in [-0.39, 0.29) is 28.0 Å². The fourth-order valence-corrected chi connectivity index (χ4v) is 4.59. The molecule has 0 spiro atoms. The molecular weight excluding hydrogens is 400 g/mol. The van der Waals surface area contributed by atoms with E-state index in [1.54, 1.807) is 49.4 Å². The first-order chi connectivity index (χ1) is 14.4. The van der Waals surface area contributed by atoms with Gasteiger partial charge in [-0.05, 0) is 42.3 Å². The Hall–Kier alpha value is -3.32. The second-order valence-electron chi connectivity index (χ2n) is 6.78. The summed E-state index contributed by atoms with van der Waals surface area (Å²) in [5, 5.41) is 5.84. The summed E-state index contributed by atoms with van der Waals surface area (Å²) >= 11 is 0. The molecule has 0 atom stereocenters. The zero-order valence-corrected chi connectivity index (χ0v) is 17.7. The van der Waals surface area contributed by atoms with Crippen molar-refractivity contribution in [3.63, 3.8) is 0 Å². The van der Waals surface area contributed by atoms with Crippen LogP contribution in [0.5, 0.6) is 5.75 Å². The van der Waals surface area contributed by atoms with Gasteiger partial charge in [-0.15, -0.1) is 0 Å². The fraction of sp³-hybridized carbons (Fsp3) is 0.174. The Balaban J connectivity index is 1.79. The highest BCUT2D eigenvalue weighted by atomic mass is 32.2. The topological polar surface area (TPSA) is 84.5 Å². The van der Waals surface area contributed by atoms with Gasteiger partial charge in [0.1, 0.15) is 4.90 Å². The zero-order chi connectivity index (χ0) is 21.6. The van der Waals surface area contributed by atoms with Crippen LogP contribution in [0.25, 0.3) is 0 Å². The number of amides is 1. The third-order valence-corrected chi connectivity index (χ3v) is 6.29. The van der Waals surface area contributed by atoms with Crippen molar-refractivity contribution in [1.82, 2.24) is 5.32 Å². The van der Waals surface area contributed by atoms with Crippen molar-refractivity contribution >= 4 is 21.4 Å². The lowest BCUT2D eigenvalue weighted by atomic mass is 10.2. The van der Waals surface area contributed by atoms with Crippen LogP contribution in [0.2, 0.25) is 0 Å². The molecule has 0 bridgehead atoms. The molecular formula is C23H24N2O4S. The van der Waals surface area contributed by atoms with Crippen LogP contribution in [0.1, 0.15) is 11.1 Å². The van der Waals surface area contributed by atoms with Crippen LogP contribution in [0.4, 0.5) is 5.69 Å². The molecule has 0 saturated heterocycles.